The van der Waals surface area contributed by atoms with Gasteiger partial charge < -0.3 is 15.1 Å². The molecule has 1 amide bonds. The Morgan fingerprint density at radius 3 is 2.43 bits per heavy atom. The van der Waals surface area contributed by atoms with Crippen molar-refractivity contribution in [2.45, 2.75) is 25.7 Å². The Morgan fingerprint density at radius 2 is 1.75 bits per heavy atom. The van der Waals surface area contributed by atoms with E-state index in [1.807, 2.05) is 41.4 Å². The number of piperidine rings is 1. The molecule has 2 fully saturated rings. The number of carbonyl (C=O) groups excluding carboxylic acids is 1. The summed E-state index contributed by atoms with van der Waals surface area (Å²) in [5.74, 6) is 1.98. The van der Waals surface area contributed by atoms with Crippen molar-refractivity contribution in [2.75, 3.05) is 44.2 Å². The topological polar surface area (TPSA) is 48.5 Å². The lowest BCUT2D eigenvalue weighted by Crippen LogP contribution is -2.49. The summed E-state index contributed by atoms with van der Waals surface area (Å²) >= 11 is 0. The van der Waals surface area contributed by atoms with E-state index in [4.69, 9.17) is 0 Å². The minimum absolute atomic E-state index is 0.144. The van der Waals surface area contributed by atoms with Gasteiger partial charge in [0.15, 0.2) is 0 Å². The third-order valence-corrected chi connectivity index (χ3v) is 6.04. The molecule has 0 bridgehead atoms. The molecule has 1 N–H and O–H groups in total. The molecule has 5 nitrogen and oxygen atoms in total. The molecule has 28 heavy (non-hydrogen) atoms. The lowest BCUT2D eigenvalue weighted by atomic mass is 9.91. The van der Waals surface area contributed by atoms with Crippen molar-refractivity contribution in [3.8, 4) is 0 Å². The molecule has 148 valence electrons. The number of nitrogens with zero attached hydrogens (tertiary/aromatic N) is 3. The maximum Gasteiger partial charge on any atom is 0.253 e. The average Bonchev–Trinajstić information content (AvgIpc) is 2.79. The Morgan fingerprint density at radius 1 is 1.00 bits per heavy atom. The minimum atomic E-state index is 0.144. The number of rotatable bonds is 5. The summed E-state index contributed by atoms with van der Waals surface area (Å²) in [7, 11) is 0. The summed E-state index contributed by atoms with van der Waals surface area (Å²) in [6, 6.07) is 14.2. The van der Waals surface area contributed by atoms with Crippen molar-refractivity contribution in [1.29, 1.82) is 0 Å². The first-order valence-electron chi connectivity index (χ1n) is 10.5. The van der Waals surface area contributed by atoms with Crippen LogP contribution < -0.4 is 10.2 Å². The Hall–Kier alpha value is -2.40. The molecule has 0 spiro atoms. The second-order valence-corrected chi connectivity index (χ2v) is 7.90. The van der Waals surface area contributed by atoms with Crippen LogP contribution in [0.5, 0.6) is 0 Å². The Balaban J connectivity index is 1.28. The van der Waals surface area contributed by atoms with Crippen molar-refractivity contribution < 1.29 is 4.79 Å². The summed E-state index contributed by atoms with van der Waals surface area (Å²) in [5.41, 5.74) is 2.15. The van der Waals surface area contributed by atoms with E-state index in [-0.39, 0.29) is 5.91 Å². The molecule has 1 aromatic carbocycles. The van der Waals surface area contributed by atoms with Crippen LogP contribution in [0.4, 0.5) is 5.82 Å². The normalized spacial score (nSPS) is 18.3. The van der Waals surface area contributed by atoms with E-state index in [9.17, 15) is 4.79 Å². The van der Waals surface area contributed by atoms with Gasteiger partial charge in [-0.3, -0.25) is 4.79 Å². The second kappa shape index (κ2) is 9.20. The van der Waals surface area contributed by atoms with Gasteiger partial charge in [0.05, 0.1) is 0 Å². The summed E-state index contributed by atoms with van der Waals surface area (Å²) in [6.45, 7) is 5.46. The van der Waals surface area contributed by atoms with Crippen LogP contribution in [0, 0.1) is 5.92 Å². The van der Waals surface area contributed by atoms with Gasteiger partial charge in [0.2, 0.25) is 0 Å². The zero-order valence-corrected chi connectivity index (χ0v) is 16.5. The number of amides is 1. The largest absolute Gasteiger partial charge is 0.353 e. The molecule has 4 rings (SSSR count). The highest BCUT2D eigenvalue weighted by atomic mass is 16.2. The number of benzene rings is 1. The molecule has 2 aliphatic heterocycles. The van der Waals surface area contributed by atoms with E-state index in [0.29, 0.717) is 0 Å². The van der Waals surface area contributed by atoms with Crippen LogP contribution in [-0.4, -0.2) is 55.1 Å². The van der Waals surface area contributed by atoms with Gasteiger partial charge >= 0.3 is 0 Å². The van der Waals surface area contributed by atoms with Gasteiger partial charge in [0.1, 0.15) is 5.82 Å². The Kier molecular flexibility index (Phi) is 6.22. The van der Waals surface area contributed by atoms with Crippen molar-refractivity contribution in [2.24, 2.45) is 5.92 Å². The summed E-state index contributed by atoms with van der Waals surface area (Å²) in [5, 5.41) is 3.43. The molecule has 0 saturated carbocycles. The fourth-order valence-corrected chi connectivity index (χ4v) is 4.22. The number of hydrogen-bond donors (Lipinski definition) is 1. The summed E-state index contributed by atoms with van der Waals surface area (Å²) < 4.78 is 0. The second-order valence-electron chi connectivity index (χ2n) is 7.90. The van der Waals surface area contributed by atoms with E-state index in [1.54, 1.807) is 0 Å². The number of nitrogens with one attached hydrogen (secondary N) is 1. The maximum atomic E-state index is 12.8. The Bertz CT molecular complexity index is 748. The SMILES string of the molecule is O=C(c1ccc(CCC2CCNCC2)cc1)N1CCN(c2ccccn2)CC1. The van der Waals surface area contributed by atoms with Crippen LogP contribution in [0.3, 0.4) is 0 Å². The van der Waals surface area contributed by atoms with Crippen LogP contribution in [-0.2, 0) is 6.42 Å². The highest BCUT2D eigenvalue weighted by Crippen LogP contribution is 2.20. The van der Waals surface area contributed by atoms with E-state index in [0.717, 1.165) is 63.0 Å². The lowest BCUT2D eigenvalue weighted by Gasteiger charge is -2.35. The van der Waals surface area contributed by atoms with Crippen molar-refractivity contribution in [3.63, 3.8) is 0 Å². The van der Waals surface area contributed by atoms with Gasteiger partial charge in [-0.1, -0.05) is 18.2 Å². The fourth-order valence-electron chi connectivity index (χ4n) is 4.22. The Labute approximate surface area is 167 Å². The van der Waals surface area contributed by atoms with Crippen LogP contribution in [0.25, 0.3) is 0 Å². The fraction of sp³-hybridized carbons (Fsp3) is 0.478. The maximum absolute atomic E-state index is 12.8. The van der Waals surface area contributed by atoms with Gasteiger partial charge in [0.25, 0.3) is 5.91 Å². The van der Waals surface area contributed by atoms with E-state index in [1.165, 1.54) is 24.8 Å². The molecule has 2 saturated heterocycles. The molecule has 0 atom stereocenters. The van der Waals surface area contributed by atoms with E-state index in [2.05, 4.69) is 27.3 Å². The molecular formula is C23H30N4O. The molecule has 1 aromatic heterocycles. The van der Waals surface area contributed by atoms with E-state index < -0.39 is 0 Å². The number of aryl methyl sites for hydroxylation is 1. The predicted octanol–water partition coefficient (Wildman–Crippen LogP) is 2.98. The molecule has 0 radical (unpaired) electrons. The van der Waals surface area contributed by atoms with Gasteiger partial charge in [-0.05, 0) is 74.5 Å². The number of anilines is 1. The molecule has 5 heteroatoms. The van der Waals surface area contributed by atoms with Crippen molar-refractivity contribution in [3.05, 3.63) is 59.8 Å². The smallest absolute Gasteiger partial charge is 0.253 e. The van der Waals surface area contributed by atoms with Gasteiger partial charge in [0, 0.05) is 37.9 Å². The monoisotopic (exact) mass is 378 g/mol. The van der Waals surface area contributed by atoms with Crippen LogP contribution >= 0.6 is 0 Å². The van der Waals surface area contributed by atoms with Crippen LogP contribution in [0.2, 0.25) is 0 Å². The number of aromatic nitrogens is 1. The molecular weight excluding hydrogens is 348 g/mol. The minimum Gasteiger partial charge on any atom is -0.353 e. The molecule has 0 aliphatic carbocycles. The zero-order chi connectivity index (χ0) is 19.2. The summed E-state index contributed by atoms with van der Waals surface area (Å²) in [4.78, 5) is 21.5. The molecule has 0 unspecified atom stereocenters. The summed E-state index contributed by atoms with van der Waals surface area (Å²) in [6.07, 6.45) is 6.77. The lowest BCUT2D eigenvalue weighted by molar-refractivity contribution is 0.0746. The van der Waals surface area contributed by atoms with Crippen LogP contribution in [0.1, 0.15) is 35.2 Å². The van der Waals surface area contributed by atoms with Crippen LogP contribution in [0.15, 0.2) is 48.7 Å². The third-order valence-electron chi connectivity index (χ3n) is 6.04. The number of carbonyl (C=O) groups is 1. The number of hydrogen-bond acceptors (Lipinski definition) is 4. The van der Waals surface area contributed by atoms with Gasteiger partial charge in [-0.15, -0.1) is 0 Å². The average molecular weight is 379 g/mol. The number of pyridine rings is 1. The highest BCUT2D eigenvalue weighted by Gasteiger charge is 2.22. The number of piperazine rings is 1. The van der Waals surface area contributed by atoms with Gasteiger partial charge in [-0.25, -0.2) is 4.98 Å². The van der Waals surface area contributed by atoms with Gasteiger partial charge in [-0.2, -0.15) is 0 Å². The van der Waals surface area contributed by atoms with E-state index >= 15 is 0 Å². The third kappa shape index (κ3) is 4.71. The van der Waals surface area contributed by atoms with Crippen molar-refractivity contribution >= 4 is 11.7 Å². The molecule has 2 aromatic rings. The first-order chi connectivity index (χ1) is 13.8. The first kappa shape index (κ1) is 18.9. The highest BCUT2D eigenvalue weighted by molar-refractivity contribution is 5.94. The zero-order valence-electron chi connectivity index (χ0n) is 16.5. The molecule has 3 heterocycles. The molecule has 2 aliphatic rings. The standard InChI is InChI=1S/C23H30N4O/c28-23(27-17-15-26(16-18-27)22-3-1-2-12-25-22)21-8-6-19(7-9-21)4-5-20-10-13-24-14-11-20/h1-3,6-9,12,20,24H,4-5,10-11,13-18H2. The quantitative estimate of drug-likeness (QED) is 0.869. The first-order valence-corrected chi connectivity index (χ1v) is 10.5. The predicted molar refractivity (Wildman–Crippen MR) is 113 cm³/mol. The van der Waals surface area contributed by atoms with Crippen molar-refractivity contribution in [1.82, 2.24) is 15.2 Å².